The van der Waals surface area contributed by atoms with E-state index in [1.54, 1.807) is 0 Å². The van der Waals surface area contributed by atoms with Crippen LogP contribution in [0, 0.1) is 20.8 Å². The molecule has 2 aromatic carbocycles. The van der Waals surface area contributed by atoms with E-state index in [4.69, 9.17) is 0 Å². The molecule has 4 heteroatoms. The van der Waals surface area contributed by atoms with Crippen molar-refractivity contribution in [2.24, 2.45) is 0 Å². The summed E-state index contributed by atoms with van der Waals surface area (Å²) in [7, 11) is 0. The quantitative estimate of drug-likeness (QED) is 0.859. The van der Waals surface area contributed by atoms with Gasteiger partial charge in [-0.15, -0.1) is 0 Å². The summed E-state index contributed by atoms with van der Waals surface area (Å²) in [4.78, 5) is 12.0. The topological polar surface area (TPSA) is 41.1 Å². The third-order valence-electron chi connectivity index (χ3n) is 3.30. The van der Waals surface area contributed by atoms with Crippen molar-refractivity contribution in [2.45, 2.75) is 20.8 Å². The first-order valence-corrected chi connectivity index (χ1v) is 7.62. The molecule has 0 heterocycles. The molecule has 1 amide bonds. The molecule has 0 spiro atoms. The lowest BCUT2D eigenvalue weighted by Crippen LogP contribution is -2.22. The van der Waals surface area contributed by atoms with Crippen LogP contribution in [0.5, 0.6) is 0 Å². The summed E-state index contributed by atoms with van der Waals surface area (Å²) < 4.78 is 1.01. The Balaban J connectivity index is 1.97. The van der Waals surface area contributed by atoms with Crippen molar-refractivity contribution in [3.8, 4) is 0 Å². The number of rotatable bonds is 4. The Bertz CT molecular complexity index is 668. The van der Waals surface area contributed by atoms with E-state index in [9.17, 15) is 4.79 Å². The molecule has 0 bridgehead atoms. The average Bonchev–Trinajstić information content (AvgIpc) is 2.43. The minimum absolute atomic E-state index is 0.0543. The lowest BCUT2D eigenvalue weighted by molar-refractivity contribution is -0.114. The molecule has 0 fully saturated rings. The fraction of sp³-hybridized carbons (Fsp3) is 0.235. The fourth-order valence-electron chi connectivity index (χ4n) is 2.06. The normalized spacial score (nSPS) is 10.3. The van der Waals surface area contributed by atoms with E-state index < -0.39 is 0 Å². The number of carbonyl (C=O) groups is 1. The monoisotopic (exact) mass is 346 g/mol. The molecule has 0 saturated carbocycles. The second-order valence-electron chi connectivity index (χ2n) is 5.18. The highest BCUT2D eigenvalue weighted by atomic mass is 79.9. The van der Waals surface area contributed by atoms with Gasteiger partial charge in [-0.2, -0.15) is 0 Å². The van der Waals surface area contributed by atoms with Gasteiger partial charge in [0, 0.05) is 15.8 Å². The highest BCUT2D eigenvalue weighted by molar-refractivity contribution is 9.10. The van der Waals surface area contributed by atoms with E-state index in [1.165, 1.54) is 5.56 Å². The van der Waals surface area contributed by atoms with Gasteiger partial charge in [-0.1, -0.05) is 28.1 Å². The van der Waals surface area contributed by atoms with Crippen molar-refractivity contribution in [2.75, 3.05) is 17.2 Å². The summed E-state index contributed by atoms with van der Waals surface area (Å²) >= 11 is 3.41. The Kier molecular flexibility index (Phi) is 5.02. The van der Waals surface area contributed by atoms with E-state index in [1.807, 2.05) is 45.0 Å². The third-order valence-corrected chi connectivity index (χ3v) is 3.79. The Labute approximate surface area is 133 Å². The number of hydrogen-bond acceptors (Lipinski definition) is 2. The zero-order valence-electron chi connectivity index (χ0n) is 12.5. The van der Waals surface area contributed by atoms with E-state index in [0.717, 1.165) is 27.0 Å². The van der Waals surface area contributed by atoms with Crippen LogP contribution in [0.3, 0.4) is 0 Å². The maximum atomic E-state index is 12.0. The number of nitrogens with one attached hydrogen (secondary N) is 2. The van der Waals surface area contributed by atoms with Crippen LogP contribution in [0.1, 0.15) is 16.7 Å². The standard InChI is InChI=1S/C17H19BrN2O/c1-11-4-5-12(2)16(8-11)19-10-17(21)20-15-7-6-14(18)9-13(15)3/h4-9,19H,10H2,1-3H3,(H,20,21). The van der Waals surface area contributed by atoms with Crippen LogP contribution < -0.4 is 10.6 Å². The predicted molar refractivity (Wildman–Crippen MR) is 91.9 cm³/mol. The van der Waals surface area contributed by atoms with Crippen LogP contribution in [-0.2, 0) is 4.79 Å². The first kappa shape index (κ1) is 15.6. The fourth-order valence-corrected chi connectivity index (χ4v) is 2.54. The van der Waals surface area contributed by atoms with Gasteiger partial charge in [0.15, 0.2) is 0 Å². The Hall–Kier alpha value is -1.81. The summed E-state index contributed by atoms with van der Waals surface area (Å²) in [6.45, 7) is 6.28. The van der Waals surface area contributed by atoms with Crippen molar-refractivity contribution in [3.05, 3.63) is 57.6 Å². The first-order chi connectivity index (χ1) is 9.95. The number of hydrogen-bond donors (Lipinski definition) is 2. The summed E-state index contributed by atoms with van der Waals surface area (Å²) in [6.07, 6.45) is 0. The molecule has 0 atom stereocenters. The Morgan fingerprint density at radius 1 is 1.00 bits per heavy atom. The summed E-state index contributed by atoms with van der Waals surface area (Å²) in [5, 5.41) is 6.10. The number of benzene rings is 2. The molecule has 0 saturated heterocycles. The highest BCUT2D eigenvalue weighted by Gasteiger charge is 2.06. The van der Waals surface area contributed by atoms with Crippen molar-refractivity contribution in [1.82, 2.24) is 0 Å². The minimum Gasteiger partial charge on any atom is -0.376 e. The van der Waals surface area contributed by atoms with Gasteiger partial charge in [-0.3, -0.25) is 4.79 Å². The molecule has 0 aliphatic carbocycles. The summed E-state index contributed by atoms with van der Waals surface area (Å²) in [5.74, 6) is -0.0543. The molecule has 2 N–H and O–H groups in total. The smallest absolute Gasteiger partial charge is 0.243 e. The molecule has 0 unspecified atom stereocenters. The van der Waals surface area contributed by atoms with Gasteiger partial charge in [0.25, 0.3) is 0 Å². The van der Waals surface area contributed by atoms with Crippen LogP contribution in [0.4, 0.5) is 11.4 Å². The molecule has 0 radical (unpaired) electrons. The Morgan fingerprint density at radius 2 is 1.76 bits per heavy atom. The van der Waals surface area contributed by atoms with Gasteiger partial charge in [0.1, 0.15) is 0 Å². The van der Waals surface area contributed by atoms with Gasteiger partial charge in [-0.05, 0) is 61.7 Å². The highest BCUT2D eigenvalue weighted by Crippen LogP contribution is 2.20. The number of amides is 1. The zero-order chi connectivity index (χ0) is 15.4. The van der Waals surface area contributed by atoms with Crippen molar-refractivity contribution in [3.63, 3.8) is 0 Å². The van der Waals surface area contributed by atoms with Gasteiger partial charge in [-0.25, -0.2) is 0 Å². The summed E-state index contributed by atoms with van der Waals surface area (Å²) in [6, 6.07) is 12.0. The summed E-state index contributed by atoms with van der Waals surface area (Å²) in [5.41, 5.74) is 5.17. The second-order valence-corrected chi connectivity index (χ2v) is 6.10. The lowest BCUT2D eigenvalue weighted by atomic mass is 10.1. The molecule has 110 valence electrons. The number of anilines is 2. The number of halogens is 1. The number of carbonyl (C=O) groups excluding carboxylic acids is 1. The van der Waals surface area contributed by atoms with E-state index in [0.29, 0.717) is 0 Å². The van der Waals surface area contributed by atoms with Crippen LogP contribution in [-0.4, -0.2) is 12.5 Å². The van der Waals surface area contributed by atoms with E-state index >= 15 is 0 Å². The largest absolute Gasteiger partial charge is 0.376 e. The first-order valence-electron chi connectivity index (χ1n) is 6.83. The van der Waals surface area contributed by atoms with Crippen LogP contribution in [0.15, 0.2) is 40.9 Å². The molecule has 0 aromatic heterocycles. The van der Waals surface area contributed by atoms with E-state index in [2.05, 4.69) is 38.7 Å². The minimum atomic E-state index is -0.0543. The van der Waals surface area contributed by atoms with Crippen molar-refractivity contribution < 1.29 is 4.79 Å². The zero-order valence-corrected chi connectivity index (χ0v) is 14.0. The Morgan fingerprint density at radius 3 is 2.48 bits per heavy atom. The third kappa shape index (κ3) is 4.33. The van der Waals surface area contributed by atoms with Gasteiger partial charge in [0.05, 0.1) is 6.54 Å². The molecular formula is C17H19BrN2O. The van der Waals surface area contributed by atoms with Gasteiger partial charge in [0.2, 0.25) is 5.91 Å². The second kappa shape index (κ2) is 6.76. The maximum Gasteiger partial charge on any atom is 0.243 e. The molecular weight excluding hydrogens is 328 g/mol. The average molecular weight is 347 g/mol. The molecule has 2 aromatic rings. The lowest BCUT2D eigenvalue weighted by Gasteiger charge is -2.12. The van der Waals surface area contributed by atoms with Crippen LogP contribution in [0.2, 0.25) is 0 Å². The van der Waals surface area contributed by atoms with Gasteiger partial charge < -0.3 is 10.6 Å². The van der Waals surface area contributed by atoms with Crippen LogP contribution >= 0.6 is 15.9 Å². The van der Waals surface area contributed by atoms with Crippen molar-refractivity contribution >= 4 is 33.2 Å². The molecule has 2 rings (SSSR count). The van der Waals surface area contributed by atoms with Gasteiger partial charge >= 0.3 is 0 Å². The predicted octanol–water partition coefficient (Wildman–Crippen LogP) is 4.42. The SMILES string of the molecule is Cc1ccc(C)c(NCC(=O)Nc2ccc(Br)cc2C)c1. The van der Waals surface area contributed by atoms with Crippen molar-refractivity contribution in [1.29, 1.82) is 0 Å². The molecule has 0 aliphatic rings. The molecule has 3 nitrogen and oxygen atoms in total. The molecule has 0 aliphatic heterocycles. The maximum absolute atomic E-state index is 12.0. The van der Waals surface area contributed by atoms with Crippen LogP contribution in [0.25, 0.3) is 0 Å². The van der Waals surface area contributed by atoms with E-state index in [-0.39, 0.29) is 12.5 Å². The molecule has 21 heavy (non-hydrogen) atoms. The number of aryl methyl sites for hydroxylation is 3.